The lowest BCUT2D eigenvalue weighted by Crippen LogP contribution is -2.15. The largest absolute Gasteiger partial charge is 0.497 e. The molecule has 0 bridgehead atoms. The number of aromatic amines is 1. The van der Waals surface area contributed by atoms with E-state index in [4.69, 9.17) is 27.9 Å². The van der Waals surface area contributed by atoms with E-state index in [1.807, 2.05) is 24.3 Å². The fourth-order valence-electron chi connectivity index (χ4n) is 2.33. The Balaban J connectivity index is 1.99. The molecule has 1 aromatic heterocycles. The summed E-state index contributed by atoms with van der Waals surface area (Å²) in [6.07, 6.45) is 0. The molecule has 128 valence electrons. The first kappa shape index (κ1) is 17.3. The lowest BCUT2D eigenvalue weighted by molar-refractivity contribution is 0.415. The second-order valence-corrected chi connectivity index (χ2v) is 6.18. The molecule has 0 spiro atoms. The lowest BCUT2D eigenvalue weighted by atomic mass is 10.1. The Labute approximate surface area is 154 Å². The third-order valence-electron chi connectivity index (χ3n) is 3.70. The summed E-state index contributed by atoms with van der Waals surface area (Å²) in [4.78, 5) is 19.5. The average molecular weight is 376 g/mol. The molecule has 2 N–H and O–H groups in total. The fourth-order valence-corrected chi connectivity index (χ4v) is 2.63. The highest BCUT2D eigenvalue weighted by atomic mass is 35.5. The zero-order valence-electron chi connectivity index (χ0n) is 13.6. The Hall–Kier alpha value is -2.50. The van der Waals surface area contributed by atoms with Crippen molar-refractivity contribution in [3.05, 3.63) is 68.4 Å². The van der Waals surface area contributed by atoms with Gasteiger partial charge in [-0.2, -0.15) is 0 Å². The van der Waals surface area contributed by atoms with Gasteiger partial charge in [-0.05, 0) is 49.4 Å². The summed E-state index contributed by atoms with van der Waals surface area (Å²) < 4.78 is 5.16. The first-order valence-electron chi connectivity index (χ1n) is 7.45. The average Bonchev–Trinajstić information content (AvgIpc) is 2.61. The monoisotopic (exact) mass is 375 g/mol. The summed E-state index contributed by atoms with van der Waals surface area (Å²) in [5.41, 5.74) is 2.39. The topological polar surface area (TPSA) is 67.0 Å². The molecule has 0 aliphatic heterocycles. The van der Waals surface area contributed by atoms with Crippen molar-refractivity contribution in [3.8, 4) is 17.0 Å². The smallest absolute Gasteiger partial charge is 0.255 e. The summed E-state index contributed by atoms with van der Waals surface area (Å²) in [5, 5.41) is 3.91. The predicted molar refractivity (Wildman–Crippen MR) is 101 cm³/mol. The van der Waals surface area contributed by atoms with Crippen molar-refractivity contribution in [1.29, 1.82) is 0 Å². The SMILES string of the molecule is COc1ccc(-c2nc(Nc3ccc(Cl)c(Cl)c3)[nH]c(=O)c2C)cc1. The van der Waals surface area contributed by atoms with Gasteiger partial charge in [0.2, 0.25) is 5.95 Å². The highest BCUT2D eigenvalue weighted by Crippen LogP contribution is 2.27. The molecular weight excluding hydrogens is 361 g/mol. The van der Waals surface area contributed by atoms with E-state index in [0.717, 1.165) is 11.3 Å². The van der Waals surface area contributed by atoms with Crippen LogP contribution in [0.5, 0.6) is 5.75 Å². The number of anilines is 2. The quantitative estimate of drug-likeness (QED) is 0.686. The third kappa shape index (κ3) is 3.78. The summed E-state index contributed by atoms with van der Waals surface area (Å²) in [6.45, 7) is 1.73. The van der Waals surface area contributed by atoms with Crippen LogP contribution in [0, 0.1) is 6.92 Å². The summed E-state index contributed by atoms with van der Waals surface area (Å²) in [6, 6.07) is 12.4. The van der Waals surface area contributed by atoms with Crippen molar-refractivity contribution < 1.29 is 4.74 Å². The van der Waals surface area contributed by atoms with Crippen molar-refractivity contribution in [1.82, 2.24) is 9.97 Å². The number of aromatic nitrogens is 2. The van der Waals surface area contributed by atoms with E-state index in [1.54, 1.807) is 32.2 Å². The number of halogens is 2. The van der Waals surface area contributed by atoms with Crippen LogP contribution in [-0.2, 0) is 0 Å². The molecule has 3 aromatic rings. The van der Waals surface area contributed by atoms with Gasteiger partial charge in [-0.3, -0.25) is 9.78 Å². The number of hydrogen-bond donors (Lipinski definition) is 2. The van der Waals surface area contributed by atoms with Crippen molar-refractivity contribution in [3.63, 3.8) is 0 Å². The molecule has 0 fully saturated rings. The van der Waals surface area contributed by atoms with Gasteiger partial charge in [-0.15, -0.1) is 0 Å². The van der Waals surface area contributed by atoms with Crippen LogP contribution in [0.2, 0.25) is 10.0 Å². The normalized spacial score (nSPS) is 10.6. The van der Waals surface area contributed by atoms with E-state index in [9.17, 15) is 4.79 Å². The molecule has 3 rings (SSSR count). The van der Waals surface area contributed by atoms with E-state index in [2.05, 4.69) is 15.3 Å². The Bertz CT molecular complexity index is 969. The zero-order valence-corrected chi connectivity index (χ0v) is 15.1. The molecule has 25 heavy (non-hydrogen) atoms. The van der Waals surface area contributed by atoms with Gasteiger partial charge < -0.3 is 10.1 Å². The van der Waals surface area contributed by atoms with Gasteiger partial charge in [0.25, 0.3) is 5.56 Å². The Morgan fingerprint density at radius 3 is 2.44 bits per heavy atom. The van der Waals surface area contributed by atoms with E-state index in [-0.39, 0.29) is 5.56 Å². The van der Waals surface area contributed by atoms with Gasteiger partial charge >= 0.3 is 0 Å². The van der Waals surface area contributed by atoms with Gasteiger partial charge in [0.05, 0.1) is 22.8 Å². The standard InChI is InChI=1S/C18H15Cl2N3O2/c1-10-16(11-3-6-13(25-2)7-4-11)22-18(23-17(10)24)21-12-5-8-14(19)15(20)9-12/h3-9H,1-2H3,(H2,21,22,23,24). The maximum Gasteiger partial charge on any atom is 0.255 e. The zero-order chi connectivity index (χ0) is 18.0. The molecule has 0 saturated carbocycles. The summed E-state index contributed by atoms with van der Waals surface area (Å²) in [5.74, 6) is 1.06. The molecule has 1 heterocycles. The molecule has 0 radical (unpaired) electrons. The van der Waals surface area contributed by atoms with E-state index >= 15 is 0 Å². The Morgan fingerprint density at radius 2 is 1.80 bits per heavy atom. The van der Waals surface area contributed by atoms with Gasteiger partial charge in [-0.1, -0.05) is 23.2 Å². The maximum atomic E-state index is 12.3. The van der Waals surface area contributed by atoms with Gasteiger partial charge in [0, 0.05) is 16.8 Å². The molecule has 5 nitrogen and oxygen atoms in total. The first-order chi connectivity index (χ1) is 12.0. The Kier molecular flexibility index (Phi) is 4.97. The number of hydrogen-bond acceptors (Lipinski definition) is 4. The second-order valence-electron chi connectivity index (χ2n) is 5.37. The Morgan fingerprint density at radius 1 is 1.08 bits per heavy atom. The minimum Gasteiger partial charge on any atom is -0.497 e. The number of benzene rings is 2. The molecule has 7 heteroatoms. The molecular formula is C18H15Cl2N3O2. The molecule has 2 aromatic carbocycles. The van der Waals surface area contributed by atoms with Crippen LogP contribution in [-0.4, -0.2) is 17.1 Å². The second kappa shape index (κ2) is 7.17. The van der Waals surface area contributed by atoms with E-state index in [0.29, 0.717) is 32.9 Å². The first-order valence-corrected chi connectivity index (χ1v) is 8.21. The molecule has 0 saturated heterocycles. The molecule has 0 aliphatic rings. The molecule has 0 unspecified atom stereocenters. The number of nitrogens with zero attached hydrogens (tertiary/aromatic N) is 1. The maximum absolute atomic E-state index is 12.3. The number of nitrogens with one attached hydrogen (secondary N) is 2. The van der Waals surface area contributed by atoms with Crippen LogP contribution in [0.3, 0.4) is 0 Å². The fraction of sp³-hybridized carbons (Fsp3) is 0.111. The van der Waals surface area contributed by atoms with Crippen LogP contribution >= 0.6 is 23.2 Å². The van der Waals surface area contributed by atoms with Crippen LogP contribution in [0.25, 0.3) is 11.3 Å². The lowest BCUT2D eigenvalue weighted by Gasteiger charge is -2.10. The predicted octanol–water partition coefficient (Wildman–Crippen LogP) is 4.80. The van der Waals surface area contributed by atoms with Gasteiger partial charge in [-0.25, -0.2) is 4.98 Å². The highest BCUT2D eigenvalue weighted by Gasteiger charge is 2.11. The molecule has 0 aliphatic carbocycles. The van der Waals surface area contributed by atoms with Crippen molar-refractivity contribution >= 4 is 34.8 Å². The van der Waals surface area contributed by atoms with Crippen molar-refractivity contribution in [2.24, 2.45) is 0 Å². The molecule has 0 atom stereocenters. The number of H-pyrrole nitrogens is 1. The van der Waals surface area contributed by atoms with E-state index in [1.165, 1.54) is 0 Å². The van der Waals surface area contributed by atoms with Crippen LogP contribution < -0.4 is 15.6 Å². The minimum atomic E-state index is -0.219. The van der Waals surface area contributed by atoms with Gasteiger partial charge in [0.15, 0.2) is 0 Å². The number of methoxy groups -OCH3 is 1. The molecule has 0 amide bonds. The van der Waals surface area contributed by atoms with Crippen molar-refractivity contribution in [2.75, 3.05) is 12.4 Å². The highest BCUT2D eigenvalue weighted by molar-refractivity contribution is 6.42. The van der Waals surface area contributed by atoms with Gasteiger partial charge in [0.1, 0.15) is 5.75 Å². The summed E-state index contributed by atoms with van der Waals surface area (Å²) >= 11 is 11.9. The van der Waals surface area contributed by atoms with Crippen LogP contribution in [0.1, 0.15) is 5.56 Å². The van der Waals surface area contributed by atoms with Crippen molar-refractivity contribution in [2.45, 2.75) is 6.92 Å². The van der Waals surface area contributed by atoms with E-state index < -0.39 is 0 Å². The minimum absolute atomic E-state index is 0.219. The van der Waals surface area contributed by atoms with Crippen LogP contribution in [0.15, 0.2) is 47.3 Å². The summed E-state index contributed by atoms with van der Waals surface area (Å²) in [7, 11) is 1.60. The van der Waals surface area contributed by atoms with Crippen LogP contribution in [0.4, 0.5) is 11.6 Å². The number of rotatable bonds is 4. The third-order valence-corrected chi connectivity index (χ3v) is 4.44. The number of ether oxygens (including phenoxy) is 1.